The van der Waals surface area contributed by atoms with E-state index in [0.29, 0.717) is 18.9 Å². The van der Waals surface area contributed by atoms with Gasteiger partial charge in [0.05, 0.1) is 18.7 Å². The lowest BCUT2D eigenvalue weighted by molar-refractivity contribution is -0.137. The van der Waals surface area contributed by atoms with Gasteiger partial charge in [-0.3, -0.25) is 4.79 Å². The summed E-state index contributed by atoms with van der Waals surface area (Å²) in [7, 11) is 0. The van der Waals surface area contributed by atoms with Crippen LogP contribution in [0.5, 0.6) is 5.75 Å². The molecule has 33 heavy (non-hydrogen) atoms. The highest BCUT2D eigenvalue weighted by Gasteiger charge is 2.25. The van der Waals surface area contributed by atoms with Crippen molar-refractivity contribution in [3.8, 4) is 17.2 Å². The second-order valence-corrected chi connectivity index (χ2v) is 8.77. The van der Waals surface area contributed by atoms with E-state index in [4.69, 9.17) is 19.2 Å². The van der Waals surface area contributed by atoms with Crippen LogP contribution in [-0.2, 0) is 17.6 Å². The van der Waals surface area contributed by atoms with Crippen molar-refractivity contribution in [3.05, 3.63) is 64.5 Å². The number of hydrogen-bond donors (Lipinski definition) is 2. The molecule has 0 saturated heterocycles. The number of nitrogens with zero attached hydrogens (tertiary/aromatic N) is 1. The number of fused-ring (bicyclic) bond motifs is 1. The highest BCUT2D eigenvalue weighted by molar-refractivity contribution is 5.68. The first-order chi connectivity index (χ1) is 15.9. The fraction of sp³-hybridized carbons (Fsp3) is 0.407. The molecule has 2 aromatic carbocycles. The Morgan fingerprint density at radius 3 is 2.85 bits per heavy atom. The number of rotatable bonds is 10. The van der Waals surface area contributed by atoms with Crippen molar-refractivity contribution in [2.24, 2.45) is 0 Å². The predicted octanol–water partition coefficient (Wildman–Crippen LogP) is 5.91. The van der Waals surface area contributed by atoms with Gasteiger partial charge in [0.25, 0.3) is 0 Å². The van der Waals surface area contributed by atoms with E-state index in [-0.39, 0.29) is 12.3 Å². The van der Waals surface area contributed by atoms with E-state index in [9.17, 15) is 4.79 Å². The van der Waals surface area contributed by atoms with Gasteiger partial charge in [0.15, 0.2) is 0 Å². The van der Waals surface area contributed by atoms with E-state index in [1.807, 2.05) is 19.1 Å². The highest BCUT2D eigenvalue weighted by Crippen LogP contribution is 2.37. The Hall–Kier alpha value is -3.28. The number of anilines is 1. The van der Waals surface area contributed by atoms with E-state index in [2.05, 4.69) is 43.4 Å². The van der Waals surface area contributed by atoms with Gasteiger partial charge in [0.1, 0.15) is 11.5 Å². The number of aryl methyl sites for hydroxylation is 3. The number of nitrogens with one attached hydrogen (secondary N) is 1. The van der Waals surface area contributed by atoms with Crippen molar-refractivity contribution < 1.29 is 19.1 Å². The summed E-state index contributed by atoms with van der Waals surface area (Å²) in [5.74, 6) is 1.64. The Balaban J connectivity index is 1.37. The minimum absolute atomic E-state index is 0.114. The van der Waals surface area contributed by atoms with E-state index >= 15 is 0 Å². The summed E-state index contributed by atoms with van der Waals surface area (Å²) in [4.78, 5) is 15.8. The lowest BCUT2D eigenvalue weighted by atomic mass is 9.98. The maximum atomic E-state index is 11.1. The van der Waals surface area contributed by atoms with Gasteiger partial charge in [-0.1, -0.05) is 13.0 Å². The standard InChI is InChI=1S/C27H32N2O4/c1-4-12-28-21-7-9-23(17(2)14-21)27-29-25(18(3)33-27)11-13-32-22-8-10-24-19(15-22)5-6-20(24)16-26(30)31/h7-10,14-15,20,28H,4-6,11-13,16H2,1-3H3,(H,30,31)/t20-/m0/s1. The summed E-state index contributed by atoms with van der Waals surface area (Å²) >= 11 is 0. The summed E-state index contributed by atoms with van der Waals surface area (Å²) in [6, 6.07) is 12.3. The van der Waals surface area contributed by atoms with Gasteiger partial charge in [-0.2, -0.15) is 0 Å². The van der Waals surface area contributed by atoms with Crippen molar-refractivity contribution in [3.63, 3.8) is 0 Å². The Bertz CT molecular complexity index is 1140. The molecular formula is C27H32N2O4. The van der Waals surface area contributed by atoms with E-state index in [1.54, 1.807) is 0 Å². The number of carboxylic acid groups (broad SMARTS) is 1. The molecule has 3 aromatic rings. The van der Waals surface area contributed by atoms with Gasteiger partial charge in [-0.05, 0) is 86.1 Å². The Morgan fingerprint density at radius 1 is 1.24 bits per heavy atom. The van der Waals surface area contributed by atoms with Crippen molar-refractivity contribution >= 4 is 11.7 Å². The smallest absolute Gasteiger partial charge is 0.303 e. The quantitative estimate of drug-likeness (QED) is 0.401. The molecule has 0 spiro atoms. The first-order valence-corrected chi connectivity index (χ1v) is 11.7. The van der Waals surface area contributed by atoms with Crippen LogP contribution in [0.2, 0.25) is 0 Å². The number of benzene rings is 2. The average Bonchev–Trinajstić information content (AvgIpc) is 3.35. The molecule has 1 aromatic heterocycles. The fourth-order valence-electron chi connectivity index (χ4n) is 4.52. The maximum absolute atomic E-state index is 11.1. The van der Waals surface area contributed by atoms with Crippen molar-refractivity contribution in [1.29, 1.82) is 0 Å². The van der Waals surface area contributed by atoms with Gasteiger partial charge in [-0.15, -0.1) is 0 Å². The van der Waals surface area contributed by atoms with Crippen molar-refractivity contribution in [1.82, 2.24) is 4.98 Å². The first kappa shape index (κ1) is 22.9. The van der Waals surface area contributed by atoms with E-state index in [0.717, 1.165) is 65.4 Å². The molecule has 0 aliphatic heterocycles. The van der Waals surface area contributed by atoms with Gasteiger partial charge >= 0.3 is 5.97 Å². The Morgan fingerprint density at radius 2 is 2.09 bits per heavy atom. The minimum Gasteiger partial charge on any atom is -0.493 e. The molecule has 174 valence electrons. The van der Waals surface area contributed by atoms with Crippen LogP contribution in [0.15, 0.2) is 40.8 Å². The molecule has 1 heterocycles. The molecule has 0 radical (unpaired) electrons. The third-order valence-corrected chi connectivity index (χ3v) is 6.27. The SMILES string of the molecule is CCCNc1ccc(-c2nc(CCOc3ccc4c(c3)CC[C@H]4CC(=O)O)c(C)o2)c(C)c1. The zero-order valence-corrected chi connectivity index (χ0v) is 19.6. The molecule has 0 amide bonds. The van der Waals surface area contributed by atoms with Crippen LogP contribution in [0.1, 0.15) is 60.2 Å². The molecule has 2 N–H and O–H groups in total. The molecule has 0 saturated carbocycles. The molecule has 0 unspecified atom stereocenters. The van der Waals surface area contributed by atoms with Crippen LogP contribution in [0.3, 0.4) is 0 Å². The third-order valence-electron chi connectivity index (χ3n) is 6.27. The zero-order chi connectivity index (χ0) is 23.4. The molecule has 1 atom stereocenters. The lowest BCUT2D eigenvalue weighted by Crippen LogP contribution is -2.04. The van der Waals surface area contributed by atoms with Gasteiger partial charge in [0.2, 0.25) is 5.89 Å². The number of carbonyl (C=O) groups is 1. The number of aromatic nitrogens is 1. The van der Waals surface area contributed by atoms with Crippen LogP contribution in [0, 0.1) is 13.8 Å². The number of hydrogen-bond acceptors (Lipinski definition) is 5. The topological polar surface area (TPSA) is 84.6 Å². The van der Waals surface area contributed by atoms with Gasteiger partial charge in [-0.25, -0.2) is 4.98 Å². The van der Waals surface area contributed by atoms with Crippen LogP contribution < -0.4 is 10.1 Å². The van der Waals surface area contributed by atoms with Gasteiger partial charge < -0.3 is 19.6 Å². The van der Waals surface area contributed by atoms with Crippen LogP contribution in [0.4, 0.5) is 5.69 Å². The Labute approximate surface area is 195 Å². The molecule has 0 bridgehead atoms. The number of carboxylic acids is 1. The predicted molar refractivity (Wildman–Crippen MR) is 129 cm³/mol. The summed E-state index contributed by atoms with van der Waals surface area (Å²) in [6.45, 7) is 7.62. The molecule has 0 fully saturated rings. The summed E-state index contributed by atoms with van der Waals surface area (Å²) in [6.07, 6.45) is 3.73. The fourth-order valence-corrected chi connectivity index (χ4v) is 4.52. The third kappa shape index (κ3) is 5.38. The molecule has 6 nitrogen and oxygen atoms in total. The Kier molecular flexibility index (Phi) is 7.02. The van der Waals surface area contributed by atoms with Crippen LogP contribution in [-0.4, -0.2) is 29.2 Å². The molecule has 6 heteroatoms. The normalized spacial score (nSPS) is 14.8. The summed E-state index contributed by atoms with van der Waals surface area (Å²) < 4.78 is 12.0. The average molecular weight is 449 g/mol. The second-order valence-electron chi connectivity index (χ2n) is 8.77. The van der Waals surface area contributed by atoms with E-state index in [1.165, 1.54) is 5.56 Å². The maximum Gasteiger partial charge on any atom is 0.303 e. The summed E-state index contributed by atoms with van der Waals surface area (Å²) in [5.41, 5.74) is 6.49. The molecule has 1 aliphatic rings. The first-order valence-electron chi connectivity index (χ1n) is 11.7. The highest BCUT2D eigenvalue weighted by atomic mass is 16.5. The zero-order valence-electron chi connectivity index (χ0n) is 19.6. The number of ether oxygens (including phenoxy) is 1. The van der Waals surface area contributed by atoms with Gasteiger partial charge in [0, 0.05) is 24.2 Å². The molecule has 1 aliphatic carbocycles. The summed E-state index contributed by atoms with van der Waals surface area (Å²) in [5, 5.41) is 12.5. The second kappa shape index (κ2) is 10.1. The lowest BCUT2D eigenvalue weighted by Gasteiger charge is -2.10. The number of oxazole rings is 1. The van der Waals surface area contributed by atoms with Crippen molar-refractivity contribution in [2.75, 3.05) is 18.5 Å². The molecule has 4 rings (SSSR count). The monoisotopic (exact) mass is 448 g/mol. The minimum atomic E-state index is -0.741. The van der Waals surface area contributed by atoms with Crippen LogP contribution in [0.25, 0.3) is 11.5 Å². The van der Waals surface area contributed by atoms with Crippen LogP contribution >= 0.6 is 0 Å². The molecular weight excluding hydrogens is 416 g/mol. The number of aliphatic carboxylic acids is 1. The largest absolute Gasteiger partial charge is 0.493 e. The van der Waals surface area contributed by atoms with E-state index < -0.39 is 5.97 Å². The van der Waals surface area contributed by atoms with Crippen molar-refractivity contribution in [2.45, 2.75) is 58.8 Å².